The van der Waals surface area contributed by atoms with Gasteiger partial charge in [-0.05, 0) is 37.6 Å². The summed E-state index contributed by atoms with van der Waals surface area (Å²) in [5.41, 5.74) is 1.12. The van der Waals surface area contributed by atoms with E-state index in [0.717, 1.165) is 23.2 Å². The van der Waals surface area contributed by atoms with Gasteiger partial charge in [-0.1, -0.05) is 15.9 Å². The van der Waals surface area contributed by atoms with Crippen molar-refractivity contribution in [3.8, 4) is 0 Å². The Hall–Kier alpha value is -0.580. The summed E-state index contributed by atoms with van der Waals surface area (Å²) in [7, 11) is 1.74. The van der Waals surface area contributed by atoms with Crippen LogP contribution in [0, 0.1) is 0 Å². The van der Waals surface area contributed by atoms with E-state index in [1.54, 1.807) is 7.11 Å². The third-order valence-corrected chi connectivity index (χ3v) is 3.63. The highest BCUT2D eigenvalue weighted by molar-refractivity contribution is 9.10. The van der Waals surface area contributed by atoms with Crippen molar-refractivity contribution in [3.63, 3.8) is 0 Å². The Bertz CT molecular complexity index is 355. The lowest BCUT2D eigenvalue weighted by molar-refractivity contribution is -0.118. The highest BCUT2D eigenvalue weighted by Gasteiger charge is 2.42. The number of halogens is 1. The number of hydrogen-bond donors (Lipinski definition) is 1. The smallest absolute Gasteiger partial charge is 0.103 e. The van der Waals surface area contributed by atoms with Crippen molar-refractivity contribution in [1.82, 2.24) is 0 Å². The molecule has 1 aliphatic carbocycles. The first-order valence-electron chi connectivity index (χ1n) is 5.91. The van der Waals surface area contributed by atoms with E-state index in [-0.39, 0.29) is 12.2 Å². The van der Waals surface area contributed by atoms with E-state index in [0.29, 0.717) is 6.04 Å². The summed E-state index contributed by atoms with van der Waals surface area (Å²) in [6.45, 7) is 2.76. The minimum Gasteiger partial charge on any atom is -0.379 e. The van der Waals surface area contributed by atoms with E-state index in [2.05, 4.69) is 33.4 Å². The lowest BCUT2D eigenvalue weighted by Crippen LogP contribution is -2.56. The summed E-state index contributed by atoms with van der Waals surface area (Å²) in [5, 5.41) is 3.47. The van der Waals surface area contributed by atoms with Gasteiger partial charge in [0.1, 0.15) is 6.10 Å². The van der Waals surface area contributed by atoms with Crippen LogP contribution in [0.4, 0.5) is 5.69 Å². The van der Waals surface area contributed by atoms with Crippen LogP contribution >= 0.6 is 15.9 Å². The molecule has 1 N–H and O–H groups in total. The maximum Gasteiger partial charge on any atom is 0.103 e. The number of hydrogen-bond acceptors (Lipinski definition) is 3. The molecule has 3 unspecified atom stereocenters. The van der Waals surface area contributed by atoms with Crippen LogP contribution in [0.15, 0.2) is 28.7 Å². The molecule has 1 aliphatic rings. The van der Waals surface area contributed by atoms with Gasteiger partial charge in [0.2, 0.25) is 0 Å². The molecule has 1 aromatic carbocycles. The summed E-state index contributed by atoms with van der Waals surface area (Å²) >= 11 is 3.43. The quantitative estimate of drug-likeness (QED) is 0.906. The fourth-order valence-corrected chi connectivity index (χ4v) is 2.44. The number of ether oxygens (including phenoxy) is 2. The zero-order valence-electron chi connectivity index (χ0n) is 10.2. The number of anilines is 1. The van der Waals surface area contributed by atoms with Crippen LogP contribution in [0.3, 0.4) is 0 Å². The molecule has 0 amide bonds. The van der Waals surface area contributed by atoms with Crippen LogP contribution in [-0.4, -0.2) is 32.0 Å². The summed E-state index contributed by atoms with van der Waals surface area (Å²) in [6.07, 6.45) is 1.39. The lowest BCUT2D eigenvalue weighted by atomic mass is 9.85. The average Bonchev–Trinajstić information content (AvgIpc) is 2.30. The Morgan fingerprint density at radius 2 is 2.06 bits per heavy atom. The van der Waals surface area contributed by atoms with Gasteiger partial charge in [-0.25, -0.2) is 0 Å². The SMILES string of the molecule is CCOC1CC(Nc2ccc(Br)cc2)C1OC. The zero-order valence-corrected chi connectivity index (χ0v) is 11.7. The average molecular weight is 300 g/mol. The highest BCUT2D eigenvalue weighted by Crippen LogP contribution is 2.30. The Labute approximate surface area is 111 Å². The minimum atomic E-state index is 0.151. The maximum absolute atomic E-state index is 5.60. The maximum atomic E-state index is 5.60. The molecule has 17 heavy (non-hydrogen) atoms. The third-order valence-electron chi connectivity index (χ3n) is 3.10. The molecule has 0 radical (unpaired) electrons. The first-order chi connectivity index (χ1) is 8.24. The summed E-state index contributed by atoms with van der Waals surface area (Å²) < 4.78 is 12.1. The molecule has 1 fully saturated rings. The van der Waals surface area contributed by atoms with E-state index in [1.165, 1.54) is 0 Å². The summed E-state index contributed by atoms with van der Waals surface area (Å²) in [6, 6.07) is 8.53. The van der Waals surface area contributed by atoms with Crippen LogP contribution < -0.4 is 5.32 Å². The molecule has 0 aromatic heterocycles. The molecule has 2 rings (SSSR count). The van der Waals surface area contributed by atoms with Crippen LogP contribution in [0.5, 0.6) is 0 Å². The van der Waals surface area contributed by atoms with Gasteiger partial charge in [-0.2, -0.15) is 0 Å². The molecule has 3 atom stereocenters. The topological polar surface area (TPSA) is 30.5 Å². The Morgan fingerprint density at radius 1 is 1.35 bits per heavy atom. The second-order valence-corrected chi connectivity index (χ2v) is 5.10. The second-order valence-electron chi connectivity index (χ2n) is 4.19. The highest BCUT2D eigenvalue weighted by atomic mass is 79.9. The van der Waals surface area contributed by atoms with Crippen molar-refractivity contribution in [2.45, 2.75) is 31.6 Å². The minimum absolute atomic E-state index is 0.151. The van der Waals surface area contributed by atoms with Crippen molar-refractivity contribution in [2.24, 2.45) is 0 Å². The van der Waals surface area contributed by atoms with Crippen molar-refractivity contribution in [3.05, 3.63) is 28.7 Å². The first kappa shape index (κ1) is 12.9. The van der Waals surface area contributed by atoms with Crippen LogP contribution in [0.2, 0.25) is 0 Å². The van der Waals surface area contributed by atoms with Crippen LogP contribution in [-0.2, 0) is 9.47 Å². The molecule has 94 valence electrons. The molecule has 3 nitrogen and oxygen atoms in total. The molecule has 0 bridgehead atoms. The largest absolute Gasteiger partial charge is 0.379 e. The zero-order chi connectivity index (χ0) is 12.3. The van der Waals surface area contributed by atoms with Crippen molar-refractivity contribution < 1.29 is 9.47 Å². The van der Waals surface area contributed by atoms with Gasteiger partial charge in [0, 0.05) is 23.9 Å². The van der Waals surface area contributed by atoms with Gasteiger partial charge in [-0.3, -0.25) is 0 Å². The van der Waals surface area contributed by atoms with Gasteiger partial charge in [-0.15, -0.1) is 0 Å². The number of methoxy groups -OCH3 is 1. The summed E-state index contributed by atoms with van der Waals surface area (Å²) in [4.78, 5) is 0. The molecule has 1 saturated carbocycles. The fraction of sp³-hybridized carbons (Fsp3) is 0.538. The van der Waals surface area contributed by atoms with E-state index < -0.39 is 0 Å². The molecule has 0 heterocycles. The molecule has 1 aromatic rings. The molecular formula is C13H18BrNO2. The van der Waals surface area contributed by atoms with E-state index in [1.807, 2.05) is 19.1 Å². The van der Waals surface area contributed by atoms with Crippen LogP contribution in [0.1, 0.15) is 13.3 Å². The van der Waals surface area contributed by atoms with Gasteiger partial charge in [0.15, 0.2) is 0 Å². The normalized spacial score (nSPS) is 27.6. The monoisotopic (exact) mass is 299 g/mol. The van der Waals surface area contributed by atoms with Crippen LogP contribution in [0.25, 0.3) is 0 Å². The Kier molecular flexibility index (Phi) is 4.42. The van der Waals surface area contributed by atoms with Crippen molar-refractivity contribution in [1.29, 1.82) is 0 Å². The number of benzene rings is 1. The van der Waals surface area contributed by atoms with Gasteiger partial charge in [0.05, 0.1) is 12.1 Å². The third kappa shape index (κ3) is 3.00. The fourth-order valence-electron chi connectivity index (χ4n) is 2.18. The Balaban J connectivity index is 1.90. The molecular weight excluding hydrogens is 282 g/mol. The molecule has 0 saturated heterocycles. The second kappa shape index (κ2) is 5.85. The lowest BCUT2D eigenvalue weighted by Gasteiger charge is -2.43. The standard InChI is InChI=1S/C13H18BrNO2/c1-3-17-12-8-11(13(12)16-2)15-10-6-4-9(14)5-7-10/h4-7,11-13,15H,3,8H2,1-2H3. The van der Waals surface area contributed by atoms with E-state index in [4.69, 9.17) is 9.47 Å². The van der Waals surface area contributed by atoms with E-state index >= 15 is 0 Å². The van der Waals surface area contributed by atoms with E-state index in [9.17, 15) is 0 Å². The number of rotatable bonds is 5. The Morgan fingerprint density at radius 3 is 2.65 bits per heavy atom. The molecule has 0 aliphatic heterocycles. The number of nitrogens with one attached hydrogen (secondary N) is 1. The summed E-state index contributed by atoms with van der Waals surface area (Å²) in [5.74, 6) is 0. The van der Waals surface area contributed by atoms with Gasteiger partial charge >= 0.3 is 0 Å². The van der Waals surface area contributed by atoms with Gasteiger partial charge < -0.3 is 14.8 Å². The van der Waals surface area contributed by atoms with Crippen molar-refractivity contribution >= 4 is 21.6 Å². The molecule has 0 spiro atoms. The predicted octanol–water partition coefficient (Wildman–Crippen LogP) is 3.05. The van der Waals surface area contributed by atoms with Gasteiger partial charge in [0.25, 0.3) is 0 Å². The predicted molar refractivity (Wildman–Crippen MR) is 72.4 cm³/mol. The molecule has 4 heteroatoms. The first-order valence-corrected chi connectivity index (χ1v) is 6.70. The van der Waals surface area contributed by atoms with Crippen molar-refractivity contribution in [2.75, 3.05) is 19.0 Å².